The number of amides is 1. The number of aromatic nitrogens is 3. The zero-order valence-corrected chi connectivity index (χ0v) is 22.0. The molecule has 1 saturated heterocycles. The van der Waals surface area contributed by atoms with Gasteiger partial charge in [-0.3, -0.25) is 24.6 Å². The third kappa shape index (κ3) is 3.85. The number of aliphatic hydroxyl groups excluding tert-OH is 1. The minimum absolute atomic E-state index is 0.133. The van der Waals surface area contributed by atoms with Gasteiger partial charge in [0.1, 0.15) is 11.3 Å². The lowest BCUT2D eigenvalue weighted by Crippen LogP contribution is -2.29. The molecule has 194 valence electrons. The Bertz CT molecular complexity index is 1910. The average Bonchev–Trinajstić information content (AvgIpc) is 3.56. The maximum absolute atomic E-state index is 13.5. The van der Waals surface area contributed by atoms with Crippen molar-refractivity contribution in [3.63, 3.8) is 0 Å². The van der Waals surface area contributed by atoms with Crippen molar-refractivity contribution in [3.05, 3.63) is 104 Å². The SMILES string of the molecule is Cc1cccn2c(C)c(/C(O)=C3\C(=O)C(=O)N(c4nc5ccc(Cl)cc5s4)C3c3cccc([N+](=O)[O-])c3)nc12. The zero-order chi connectivity index (χ0) is 27.6. The van der Waals surface area contributed by atoms with Crippen molar-refractivity contribution in [2.75, 3.05) is 4.90 Å². The maximum Gasteiger partial charge on any atom is 0.301 e. The highest BCUT2D eigenvalue weighted by Gasteiger charge is 2.49. The number of nitro benzene ring substituents is 1. The molecular weight excluding hydrogens is 542 g/mol. The summed E-state index contributed by atoms with van der Waals surface area (Å²) in [4.78, 5) is 48.4. The molecule has 4 heterocycles. The number of Topliss-reactive ketones (excluding diaryl/α,β-unsaturated/α-hetero) is 1. The van der Waals surface area contributed by atoms with Crippen molar-refractivity contribution in [1.29, 1.82) is 0 Å². The largest absolute Gasteiger partial charge is 0.505 e. The summed E-state index contributed by atoms with van der Waals surface area (Å²) in [6, 6.07) is 13.2. The van der Waals surface area contributed by atoms with E-state index in [2.05, 4.69) is 9.97 Å². The Morgan fingerprint density at radius 2 is 1.90 bits per heavy atom. The predicted molar refractivity (Wildman–Crippen MR) is 147 cm³/mol. The van der Waals surface area contributed by atoms with Crippen LogP contribution in [-0.4, -0.2) is 36.1 Å². The van der Waals surface area contributed by atoms with Gasteiger partial charge in [-0.15, -0.1) is 0 Å². The van der Waals surface area contributed by atoms with Crippen LogP contribution in [0, 0.1) is 24.0 Å². The molecule has 5 aromatic rings. The Kier molecular flexibility index (Phi) is 5.70. The van der Waals surface area contributed by atoms with E-state index in [0.29, 0.717) is 26.6 Å². The number of halogens is 1. The van der Waals surface area contributed by atoms with Gasteiger partial charge in [-0.25, -0.2) is 9.97 Å². The number of thiazole rings is 1. The second kappa shape index (κ2) is 9.00. The second-order valence-corrected chi connectivity index (χ2v) is 10.5. The first-order valence-corrected chi connectivity index (χ1v) is 12.9. The number of pyridine rings is 1. The van der Waals surface area contributed by atoms with Crippen LogP contribution in [0.1, 0.15) is 28.6 Å². The van der Waals surface area contributed by atoms with E-state index in [4.69, 9.17) is 11.6 Å². The summed E-state index contributed by atoms with van der Waals surface area (Å²) in [7, 11) is 0. The van der Waals surface area contributed by atoms with Crippen LogP contribution in [0.15, 0.2) is 66.4 Å². The third-order valence-electron chi connectivity index (χ3n) is 6.69. The Hall–Kier alpha value is -4.61. The van der Waals surface area contributed by atoms with Gasteiger partial charge in [-0.05, 0) is 49.2 Å². The lowest BCUT2D eigenvalue weighted by Gasteiger charge is -2.22. The van der Waals surface area contributed by atoms with E-state index in [-0.39, 0.29) is 27.6 Å². The molecule has 1 N–H and O–H groups in total. The number of hydrogen-bond acceptors (Lipinski definition) is 8. The number of carbonyl (C=O) groups is 2. The number of benzene rings is 2. The molecule has 1 atom stereocenters. The van der Waals surface area contributed by atoms with Crippen molar-refractivity contribution in [2.24, 2.45) is 0 Å². The van der Waals surface area contributed by atoms with Crippen molar-refractivity contribution >= 4 is 67.1 Å². The van der Waals surface area contributed by atoms with Gasteiger partial charge in [0, 0.05) is 23.4 Å². The first-order chi connectivity index (χ1) is 18.7. The smallest absolute Gasteiger partial charge is 0.301 e. The summed E-state index contributed by atoms with van der Waals surface area (Å²) in [6.45, 7) is 3.61. The van der Waals surface area contributed by atoms with E-state index >= 15 is 0 Å². The number of nitro groups is 1. The van der Waals surface area contributed by atoms with Gasteiger partial charge in [0.05, 0.1) is 32.4 Å². The molecule has 1 aliphatic rings. The molecule has 1 fully saturated rings. The van der Waals surface area contributed by atoms with Crippen molar-refractivity contribution in [1.82, 2.24) is 14.4 Å². The number of rotatable bonds is 4. The molecule has 10 nitrogen and oxygen atoms in total. The number of hydrogen-bond donors (Lipinski definition) is 1. The van der Waals surface area contributed by atoms with Crippen LogP contribution in [0.3, 0.4) is 0 Å². The minimum Gasteiger partial charge on any atom is -0.505 e. The number of aliphatic hydroxyl groups is 1. The highest BCUT2D eigenvalue weighted by molar-refractivity contribution is 7.22. The topological polar surface area (TPSA) is 131 Å². The van der Waals surface area contributed by atoms with Crippen LogP contribution in [0.25, 0.3) is 21.6 Å². The summed E-state index contributed by atoms with van der Waals surface area (Å²) in [6.07, 6.45) is 1.78. The van der Waals surface area contributed by atoms with Crippen LogP contribution < -0.4 is 4.90 Å². The summed E-state index contributed by atoms with van der Waals surface area (Å²) < 4.78 is 2.46. The Labute approximate surface area is 229 Å². The molecule has 0 saturated carbocycles. The predicted octanol–water partition coefficient (Wildman–Crippen LogP) is 5.75. The van der Waals surface area contributed by atoms with E-state index in [1.54, 1.807) is 41.8 Å². The molecule has 12 heteroatoms. The summed E-state index contributed by atoms with van der Waals surface area (Å²) in [5.41, 5.74) is 2.49. The highest BCUT2D eigenvalue weighted by atomic mass is 35.5. The molecule has 1 aliphatic heterocycles. The molecule has 0 bridgehead atoms. The van der Waals surface area contributed by atoms with Crippen molar-refractivity contribution in [2.45, 2.75) is 19.9 Å². The van der Waals surface area contributed by atoms with E-state index in [9.17, 15) is 24.8 Å². The Morgan fingerprint density at radius 3 is 2.64 bits per heavy atom. The fraction of sp³-hybridized carbons (Fsp3) is 0.111. The number of nitrogens with zero attached hydrogens (tertiary/aromatic N) is 5. The van der Waals surface area contributed by atoms with Crippen LogP contribution in [0.5, 0.6) is 0 Å². The molecule has 0 radical (unpaired) electrons. The van der Waals surface area contributed by atoms with Crippen LogP contribution in [0.2, 0.25) is 5.02 Å². The van der Waals surface area contributed by atoms with Crippen molar-refractivity contribution < 1.29 is 19.6 Å². The zero-order valence-electron chi connectivity index (χ0n) is 20.5. The molecular formula is C27H18ClN5O5S. The highest BCUT2D eigenvalue weighted by Crippen LogP contribution is 2.45. The fourth-order valence-electron chi connectivity index (χ4n) is 4.82. The normalized spacial score (nSPS) is 17.0. The lowest BCUT2D eigenvalue weighted by molar-refractivity contribution is -0.384. The fourth-order valence-corrected chi connectivity index (χ4v) is 6.09. The quantitative estimate of drug-likeness (QED) is 0.0975. The van der Waals surface area contributed by atoms with Gasteiger partial charge < -0.3 is 9.51 Å². The lowest BCUT2D eigenvalue weighted by atomic mass is 9.96. The van der Waals surface area contributed by atoms with E-state index in [1.165, 1.54) is 23.1 Å². The van der Waals surface area contributed by atoms with Crippen LogP contribution in [0.4, 0.5) is 10.8 Å². The third-order valence-corrected chi connectivity index (χ3v) is 7.95. The monoisotopic (exact) mass is 559 g/mol. The van der Waals surface area contributed by atoms with Gasteiger partial charge >= 0.3 is 5.91 Å². The molecule has 0 spiro atoms. The second-order valence-electron chi connectivity index (χ2n) is 9.06. The molecule has 0 aliphatic carbocycles. The number of fused-ring (bicyclic) bond motifs is 2. The van der Waals surface area contributed by atoms with E-state index in [1.807, 2.05) is 19.1 Å². The molecule has 3 aromatic heterocycles. The van der Waals surface area contributed by atoms with E-state index < -0.39 is 28.4 Å². The number of ketones is 1. The van der Waals surface area contributed by atoms with Gasteiger partial charge in [-0.1, -0.05) is 41.1 Å². The van der Waals surface area contributed by atoms with Gasteiger partial charge in [0.25, 0.3) is 11.5 Å². The number of non-ortho nitro benzene ring substituents is 1. The number of anilines is 1. The minimum atomic E-state index is -1.19. The standard InChI is InChI=1S/C27H18ClN5O5S/c1-13-5-4-10-31-14(2)21(30-25(13)31)23(34)20-22(15-6-3-7-17(11-15)33(37)38)32(26(36)24(20)35)27-29-18-9-8-16(28)12-19(18)39-27/h3-12,22,34H,1-2H3/b23-20+. The first kappa shape index (κ1) is 24.7. The maximum atomic E-state index is 13.5. The molecule has 1 amide bonds. The number of aryl methyl sites for hydroxylation is 2. The first-order valence-electron chi connectivity index (χ1n) is 11.7. The molecule has 6 rings (SSSR count). The van der Waals surface area contributed by atoms with Gasteiger partial charge in [0.15, 0.2) is 10.9 Å². The average molecular weight is 560 g/mol. The molecule has 1 unspecified atom stereocenters. The van der Waals surface area contributed by atoms with Crippen LogP contribution >= 0.6 is 22.9 Å². The number of carbonyl (C=O) groups excluding carboxylic acids is 2. The van der Waals surface area contributed by atoms with Crippen molar-refractivity contribution in [3.8, 4) is 0 Å². The van der Waals surface area contributed by atoms with Gasteiger partial charge in [-0.2, -0.15) is 0 Å². The summed E-state index contributed by atoms with van der Waals surface area (Å²) in [5.74, 6) is -2.35. The summed E-state index contributed by atoms with van der Waals surface area (Å²) in [5, 5.41) is 23.8. The summed E-state index contributed by atoms with van der Waals surface area (Å²) >= 11 is 7.28. The molecule has 2 aromatic carbocycles. The Morgan fingerprint density at radius 1 is 1.10 bits per heavy atom. The van der Waals surface area contributed by atoms with Gasteiger partial charge in [0.2, 0.25) is 0 Å². The van der Waals surface area contributed by atoms with E-state index in [0.717, 1.165) is 16.9 Å². The molecule has 39 heavy (non-hydrogen) atoms. The van der Waals surface area contributed by atoms with Crippen LogP contribution in [-0.2, 0) is 9.59 Å². The number of imidazole rings is 1. The Balaban J connectivity index is 1.62.